The van der Waals surface area contributed by atoms with Crippen molar-refractivity contribution < 1.29 is 9.59 Å². The summed E-state index contributed by atoms with van der Waals surface area (Å²) in [7, 11) is 0. The van der Waals surface area contributed by atoms with Crippen molar-refractivity contribution >= 4 is 29.1 Å². The molecular formula is C20H15ClN4O2. The number of benzene rings is 1. The summed E-state index contributed by atoms with van der Waals surface area (Å²) >= 11 is 5.92. The van der Waals surface area contributed by atoms with E-state index in [9.17, 15) is 14.9 Å². The zero-order valence-corrected chi connectivity index (χ0v) is 15.2. The van der Waals surface area contributed by atoms with E-state index in [1.165, 1.54) is 0 Å². The largest absolute Gasteiger partial charge is 0.325 e. The summed E-state index contributed by atoms with van der Waals surface area (Å²) in [6.07, 6.45) is 3.59. The maximum absolute atomic E-state index is 13.1. The SMILES string of the molecule is C[C@@]1(c2ccc(Cl)cc2)NC(=O)N(Cc2cn3ccccc3c2C#N)C1=O. The van der Waals surface area contributed by atoms with Gasteiger partial charge in [-0.3, -0.25) is 9.69 Å². The third kappa shape index (κ3) is 2.64. The van der Waals surface area contributed by atoms with Gasteiger partial charge >= 0.3 is 6.03 Å². The zero-order valence-electron chi connectivity index (χ0n) is 14.4. The molecule has 3 aromatic rings. The first kappa shape index (κ1) is 17.1. The average Bonchev–Trinajstić information content (AvgIpc) is 3.12. The topological polar surface area (TPSA) is 77.6 Å². The highest BCUT2D eigenvalue weighted by Gasteiger charge is 2.49. The molecule has 1 aliphatic heterocycles. The Hall–Kier alpha value is -3.30. The second-order valence-corrected chi connectivity index (χ2v) is 7.02. The molecule has 1 N–H and O–H groups in total. The van der Waals surface area contributed by atoms with Gasteiger partial charge in [0, 0.05) is 23.0 Å². The van der Waals surface area contributed by atoms with Crippen LogP contribution in [0.2, 0.25) is 5.02 Å². The Morgan fingerprint density at radius 1 is 1.19 bits per heavy atom. The van der Waals surface area contributed by atoms with E-state index in [1.54, 1.807) is 37.4 Å². The van der Waals surface area contributed by atoms with Gasteiger partial charge in [0.15, 0.2) is 0 Å². The van der Waals surface area contributed by atoms with Crippen LogP contribution in [-0.2, 0) is 16.9 Å². The molecule has 0 bridgehead atoms. The normalized spacial score (nSPS) is 19.4. The van der Waals surface area contributed by atoms with Gasteiger partial charge in [0.1, 0.15) is 11.6 Å². The Kier molecular flexibility index (Phi) is 3.90. The molecule has 7 heteroatoms. The summed E-state index contributed by atoms with van der Waals surface area (Å²) in [6.45, 7) is 1.69. The van der Waals surface area contributed by atoms with E-state index in [0.717, 1.165) is 10.4 Å². The lowest BCUT2D eigenvalue weighted by molar-refractivity contribution is -0.131. The molecule has 3 heterocycles. The van der Waals surface area contributed by atoms with Crippen LogP contribution in [0.5, 0.6) is 0 Å². The minimum absolute atomic E-state index is 0.0262. The van der Waals surface area contributed by atoms with Crippen LogP contribution in [0.1, 0.15) is 23.6 Å². The van der Waals surface area contributed by atoms with Crippen molar-refractivity contribution in [1.82, 2.24) is 14.6 Å². The van der Waals surface area contributed by atoms with E-state index in [0.29, 0.717) is 21.7 Å². The molecule has 1 aliphatic rings. The molecule has 134 valence electrons. The number of carbonyl (C=O) groups is 2. The van der Waals surface area contributed by atoms with Gasteiger partial charge in [-0.05, 0) is 36.8 Å². The fraction of sp³-hybridized carbons (Fsp3) is 0.150. The molecule has 0 saturated carbocycles. The molecule has 3 amide bonds. The van der Waals surface area contributed by atoms with Gasteiger partial charge in [-0.25, -0.2) is 4.79 Å². The highest BCUT2D eigenvalue weighted by atomic mass is 35.5. The maximum Gasteiger partial charge on any atom is 0.325 e. The zero-order chi connectivity index (χ0) is 19.2. The van der Waals surface area contributed by atoms with Gasteiger partial charge in [-0.1, -0.05) is 29.8 Å². The van der Waals surface area contributed by atoms with Gasteiger partial charge in [0.25, 0.3) is 5.91 Å². The lowest BCUT2D eigenvalue weighted by atomic mass is 9.92. The van der Waals surface area contributed by atoms with E-state index in [2.05, 4.69) is 11.4 Å². The predicted molar refractivity (Wildman–Crippen MR) is 100.0 cm³/mol. The number of nitriles is 1. The molecule has 2 aromatic heterocycles. The standard InChI is InChI=1S/C20H15ClN4O2/c1-20(14-5-7-15(21)8-6-14)18(26)25(19(27)23-20)12-13-11-24-9-3-2-4-17(24)16(13)10-22/h2-9,11H,12H2,1H3,(H,23,27)/t20-/m0/s1. The lowest BCUT2D eigenvalue weighted by Crippen LogP contribution is -2.40. The number of halogens is 1. The van der Waals surface area contributed by atoms with Crippen molar-refractivity contribution in [3.8, 4) is 6.07 Å². The molecule has 4 rings (SSSR count). The number of urea groups is 1. The number of amides is 3. The second-order valence-electron chi connectivity index (χ2n) is 6.59. The molecule has 27 heavy (non-hydrogen) atoms. The third-order valence-electron chi connectivity index (χ3n) is 4.90. The van der Waals surface area contributed by atoms with E-state index in [1.807, 2.05) is 28.8 Å². The molecular weight excluding hydrogens is 364 g/mol. The number of hydrogen-bond donors (Lipinski definition) is 1. The van der Waals surface area contributed by atoms with Crippen LogP contribution < -0.4 is 5.32 Å². The van der Waals surface area contributed by atoms with E-state index >= 15 is 0 Å². The number of hydrogen-bond acceptors (Lipinski definition) is 3. The summed E-state index contributed by atoms with van der Waals surface area (Å²) in [5, 5.41) is 12.9. The minimum atomic E-state index is -1.17. The number of carbonyl (C=O) groups excluding carboxylic acids is 2. The molecule has 0 spiro atoms. The van der Waals surface area contributed by atoms with Crippen LogP contribution >= 0.6 is 11.6 Å². The predicted octanol–water partition coefficient (Wildman–Crippen LogP) is 3.43. The highest BCUT2D eigenvalue weighted by Crippen LogP contribution is 2.31. The van der Waals surface area contributed by atoms with Gasteiger partial charge in [0.05, 0.1) is 17.6 Å². The fourth-order valence-electron chi connectivity index (χ4n) is 3.42. The molecule has 6 nitrogen and oxygen atoms in total. The number of aromatic nitrogens is 1. The number of nitrogens with one attached hydrogen (secondary N) is 1. The van der Waals surface area contributed by atoms with Crippen LogP contribution in [0.25, 0.3) is 5.52 Å². The number of pyridine rings is 1. The van der Waals surface area contributed by atoms with Crippen molar-refractivity contribution in [3.05, 3.63) is 76.6 Å². The Balaban J connectivity index is 1.70. The van der Waals surface area contributed by atoms with Crippen molar-refractivity contribution in [2.24, 2.45) is 0 Å². The van der Waals surface area contributed by atoms with Gasteiger partial charge in [-0.2, -0.15) is 5.26 Å². The van der Waals surface area contributed by atoms with Crippen LogP contribution in [-0.4, -0.2) is 21.2 Å². The molecule has 1 fully saturated rings. The lowest BCUT2D eigenvalue weighted by Gasteiger charge is -2.22. The Morgan fingerprint density at radius 2 is 1.93 bits per heavy atom. The first-order chi connectivity index (χ1) is 12.9. The van der Waals surface area contributed by atoms with Crippen LogP contribution in [0.4, 0.5) is 4.79 Å². The molecule has 0 aliphatic carbocycles. The van der Waals surface area contributed by atoms with Gasteiger partial charge in [-0.15, -0.1) is 0 Å². The molecule has 0 unspecified atom stereocenters. The van der Waals surface area contributed by atoms with Crippen molar-refractivity contribution in [2.45, 2.75) is 19.0 Å². The Labute approximate surface area is 160 Å². The van der Waals surface area contributed by atoms with Crippen LogP contribution in [0.3, 0.4) is 0 Å². The van der Waals surface area contributed by atoms with E-state index in [-0.39, 0.29) is 12.5 Å². The summed E-state index contributed by atoms with van der Waals surface area (Å²) in [5.74, 6) is -0.367. The quantitative estimate of drug-likeness (QED) is 0.709. The number of nitrogens with zero attached hydrogens (tertiary/aromatic N) is 3. The summed E-state index contributed by atoms with van der Waals surface area (Å²) in [6, 6.07) is 14.0. The Morgan fingerprint density at radius 3 is 2.63 bits per heavy atom. The van der Waals surface area contributed by atoms with Gasteiger partial charge < -0.3 is 9.72 Å². The summed E-state index contributed by atoms with van der Waals surface area (Å²) in [5.41, 5.74) is 1.29. The minimum Gasteiger partial charge on any atom is -0.322 e. The smallest absolute Gasteiger partial charge is 0.322 e. The first-order valence-electron chi connectivity index (χ1n) is 8.33. The van der Waals surface area contributed by atoms with Crippen molar-refractivity contribution in [2.75, 3.05) is 0 Å². The number of imide groups is 1. The van der Waals surface area contributed by atoms with Crippen LogP contribution in [0.15, 0.2) is 54.9 Å². The van der Waals surface area contributed by atoms with Crippen LogP contribution in [0, 0.1) is 11.3 Å². The number of fused-ring (bicyclic) bond motifs is 1. The second kappa shape index (κ2) is 6.15. The summed E-state index contributed by atoms with van der Waals surface area (Å²) in [4.78, 5) is 26.7. The average molecular weight is 379 g/mol. The molecule has 1 atom stereocenters. The monoisotopic (exact) mass is 378 g/mol. The third-order valence-corrected chi connectivity index (χ3v) is 5.15. The van der Waals surface area contributed by atoms with Crippen molar-refractivity contribution in [3.63, 3.8) is 0 Å². The molecule has 1 aromatic carbocycles. The van der Waals surface area contributed by atoms with E-state index < -0.39 is 11.6 Å². The summed E-state index contributed by atoms with van der Waals surface area (Å²) < 4.78 is 1.81. The highest BCUT2D eigenvalue weighted by molar-refractivity contribution is 6.30. The Bertz CT molecular complexity index is 1110. The van der Waals surface area contributed by atoms with Gasteiger partial charge in [0.2, 0.25) is 0 Å². The molecule has 0 radical (unpaired) electrons. The maximum atomic E-state index is 13.1. The fourth-order valence-corrected chi connectivity index (χ4v) is 3.54. The molecule has 1 saturated heterocycles. The number of rotatable bonds is 3. The van der Waals surface area contributed by atoms with E-state index in [4.69, 9.17) is 11.6 Å². The first-order valence-corrected chi connectivity index (χ1v) is 8.70. The van der Waals surface area contributed by atoms with Crippen molar-refractivity contribution in [1.29, 1.82) is 5.26 Å².